The van der Waals surface area contributed by atoms with Crippen LogP contribution in [0.2, 0.25) is 0 Å². The number of nitrogens with one attached hydrogen (secondary N) is 3. The Kier molecular flexibility index (Phi) is 7.45. The molecule has 1 aromatic rings. The smallest absolute Gasteiger partial charge is 0.321 e. The van der Waals surface area contributed by atoms with Crippen LogP contribution in [0.25, 0.3) is 0 Å². The fourth-order valence-corrected chi connectivity index (χ4v) is 1.80. The Morgan fingerprint density at radius 3 is 2.64 bits per heavy atom. The Balaban J connectivity index is 2.38. The van der Waals surface area contributed by atoms with Crippen LogP contribution in [-0.4, -0.2) is 25.0 Å². The van der Waals surface area contributed by atoms with Gasteiger partial charge in [-0.1, -0.05) is 19.4 Å². The lowest BCUT2D eigenvalue weighted by Crippen LogP contribution is -2.44. The standard InChI is InChI=1S/C15H21F2N3O2/c1-3-4-7-18-15(22)20-14(21)9-19-10(2)12-6-5-11(16)8-13(12)17/h5-6,8,10,19H,3-4,7,9H2,1-2H3,(H2,18,20,21,22)/t10-/m1/s1. The van der Waals surface area contributed by atoms with E-state index in [0.717, 1.165) is 25.0 Å². The van der Waals surface area contributed by atoms with Crippen molar-refractivity contribution in [2.24, 2.45) is 0 Å². The highest BCUT2D eigenvalue weighted by Gasteiger charge is 2.13. The SMILES string of the molecule is CCCCNC(=O)NC(=O)CN[C@H](C)c1ccc(F)cc1F. The number of amides is 3. The predicted octanol–water partition coefficient (Wildman–Crippen LogP) is 2.24. The highest BCUT2D eigenvalue weighted by Crippen LogP contribution is 2.17. The van der Waals surface area contributed by atoms with Crippen LogP contribution in [0, 0.1) is 11.6 Å². The number of unbranched alkanes of at least 4 members (excludes halogenated alkanes) is 1. The van der Waals surface area contributed by atoms with Crippen LogP contribution < -0.4 is 16.0 Å². The fraction of sp³-hybridized carbons (Fsp3) is 0.467. The van der Waals surface area contributed by atoms with Gasteiger partial charge in [0.2, 0.25) is 5.91 Å². The Morgan fingerprint density at radius 2 is 2.00 bits per heavy atom. The number of imide groups is 1. The minimum Gasteiger partial charge on any atom is -0.338 e. The molecule has 5 nitrogen and oxygen atoms in total. The van der Waals surface area contributed by atoms with Crippen molar-refractivity contribution in [2.75, 3.05) is 13.1 Å². The molecule has 0 aliphatic rings. The van der Waals surface area contributed by atoms with E-state index in [2.05, 4.69) is 16.0 Å². The van der Waals surface area contributed by atoms with Gasteiger partial charge in [0, 0.05) is 24.2 Å². The minimum absolute atomic E-state index is 0.154. The lowest BCUT2D eigenvalue weighted by atomic mass is 10.1. The average molecular weight is 313 g/mol. The first-order valence-electron chi connectivity index (χ1n) is 7.20. The third-order valence-corrected chi connectivity index (χ3v) is 3.07. The molecular formula is C15H21F2N3O2. The first-order chi connectivity index (χ1) is 10.4. The maximum absolute atomic E-state index is 13.6. The number of halogens is 2. The van der Waals surface area contributed by atoms with Gasteiger partial charge in [-0.2, -0.15) is 0 Å². The summed E-state index contributed by atoms with van der Waals surface area (Å²) in [5.74, 6) is -1.86. The van der Waals surface area contributed by atoms with Crippen molar-refractivity contribution < 1.29 is 18.4 Å². The third-order valence-electron chi connectivity index (χ3n) is 3.07. The van der Waals surface area contributed by atoms with Crippen molar-refractivity contribution in [2.45, 2.75) is 32.7 Å². The van der Waals surface area contributed by atoms with Crippen LogP contribution in [0.3, 0.4) is 0 Å². The topological polar surface area (TPSA) is 70.2 Å². The van der Waals surface area contributed by atoms with Crippen LogP contribution in [0.1, 0.15) is 38.3 Å². The van der Waals surface area contributed by atoms with E-state index in [-0.39, 0.29) is 12.1 Å². The van der Waals surface area contributed by atoms with E-state index in [4.69, 9.17) is 0 Å². The number of carbonyl (C=O) groups is 2. The van der Waals surface area contributed by atoms with Gasteiger partial charge in [0.05, 0.1) is 6.54 Å². The van der Waals surface area contributed by atoms with Crippen molar-refractivity contribution >= 4 is 11.9 Å². The van der Waals surface area contributed by atoms with Crippen LogP contribution in [-0.2, 0) is 4.79 Å². The molecule has 0 aliphatic heterocycles. The average Bonchev–Trinajstić information content (AvgIpc) is 2.45. The van der Waals surface area contributed by atoms with E-state index in [1.165, 1.54) is 6.07 Å². The number of urea groups is 1. The van der Waals surface area contributed by atoms with Crippen LogP contribution in [0.5, 0.6) is 0 Å². The Bertz CT molecular complexity index is 524. The maximum Gasteiger partial charge on any atom is 0.321 e. The van der Waals surface area contributed by atoms with Gasteiger partial charge in [-0.25, -0.2) is 13.6 Å². The Morgan fingerprint density at radius 1 is 1.27 bits per heavy atom. The molecule has 0 fully saturated rings. The monoisotopic (exact) mass is 313 g/mol. The van der Waals surface area contributed by atoms with Gasteiger partial charge in [0.15, 0.2) is 0 Å². The summed E-state index contributed by atoms with van der Waals surface area (Å²) in [5, 5.41) is 7.49. The van der Waals surface area contributed by atoms with Gasteiger partial charge in [0.1, 0.15) is 11.6 Å². The molecule has 22 heavy (non-hydrogen) atoms. The van der Waals surface area contributed by atoms with Gasteiger partial charge in [-0.3, -0.25) is 10.1 Å². The molecule has 0 bridgehead atoms. The second kappa shape index (κ2) is 9.09. The number of carbonyl (C=O) groups excluding carboxylic acids is 2. The highest BCUT2D eigenvalue weighted by atomic mass is 19.1. The largest absolute Gasteiger partial charge is 0.338 e. The van der Waals surface area contributed by atoms with Crippen molar-refractivity contribution in [3.8, 4) is 0 Å². The quantitative estimate of drug-likeness (QED) is 0.676. The zero-order chi connectivity index (χ0) is 16.5. The molecule has 1 atom stereocenters. The first-order valence-corrected chi connectivity index (χ1v) is 7.20. The van der Waals surface area contributed by atoms with E-state index >= 15 is 0 Å². The van der Waals surface area contributed by atoms with E-state index in [9.17, 15) is 18.4 Å². The third kappa shape index (κ3) is 6.17. The molecule has 3 N–H and O–H groups in total. The molecule has 122 valence electrons. The van der Waals surface area contributed by atoms with E-state index < -0.39 is 29.6 Å². The molecule has 0 aromatic heterocycles. The van der Waals surface area contributed by atoms with Crippen molar-refractivity contribution in [3.05, 3.63) is 35.4 Å². The summed E-state index contributed by atoms with van der Waals surface area (Å²) in [6.07, 6.45) is 1.78. The van der Waals surface area contributed by atoms with E-state index in [1.54, 1.807) is 6.92 Å². The second-order valence-corrected chi connectivity index (χ2v) is 4.93. The van der Waals surface area contributed by atoms with E-state index in [0.29, 0.717) is 6.54 Å². The van der Waals surface area contributed by atoms with Crippen molar-refractivity contribution in [1.82, 2.24) is 16.0 Å². The van der Waals surface area contributed by atoms with Gasteiger partial charge < -0.3 is 10.6 Å². The van der Waals surface area contributed by atoms with Crippen LogP contribution in [0.4, 0.5) is 13.6 Å². The molecule has 1 rings (SSSR count). The minimum atomic E-state index is -0.683. The summed E-state index contributed by atoms with van der Waals surface area (Å²) >= 11 is 0. The molecule has 0 spiro atoms. The summed E-state index contributed by atoms with van der Waals surface area (Å²) in [6.45, 7) is 3.98. The number of rotatable bonds is 7. The zero-order valence-corrected chi connectivity index (χ0v) is 12.7. The van der Waals surface area contributed by atoms with Crippen molar-refractivity contribution in [1.29, 1.82) is 0 Å². The molecule has 7 heteroatoms. The molecule has 1 aromatic carbocycles. The molecule has 3 amide bonds. The summed E-state index contributed by atoms with van der Waals surface area (Å²) < 4.78 is 26.4. The normalized spacial score (nSPS) is 11.8. The Hall–Kier alpha value is -2.02. The summed E-state index contributed by atoms with van der Waals surface area (Å²) in [6, 6.07) is 2.21. The lowest BCUT2D eigenvalue weighted by molar-refractivity contribution is -0.119. The van der Waals surface area contributed by atoms with Gasteiger partial charge >= 0.3 is 6.03 Å². The molecule has 0 radical (unpaired) electrons. The zero-order valence-electron chi connectivity index (χ0n) is 12.7. The number of hydrogen-bond donors (Lipinski definition) is 3. The van der Waals surface area contributed by atoms with Gasteiger partial charge in [-0.15, -0.1) is 0 Å². The molecule has 0 saturated heterocycles. The summed E-state index contributed by atoms with van der Waals surface area (Å²) in [5.41, 5.74) is 0.251. The predicted molar refractivity (Wildman–Crippen MR) is 79.2 cm³/mol. The first kappa shape index (κ1) is 18.0. The molecule has 0 saturated carbocycles. The Labute approximate surface area is 128 Å². The molecule has 0 aliphatic carbocycles. The number of hydrogen-bond acceptors (Lipinski definition) is 3. The van der Waals surface area contributed by atoms with Crippen LogP contribution >= 0.6 is 0 Å². The summed E-state index contributed by atoms with van der Waals surface area (Å²) in [4.78, 5) is 22.9. The summed E-state index contributed by atoms with van der Waals surface area (Å²) in [7, 11) is 0. The van der Waals surface area contributed by atoms with Gasteiger partial charge in [0.25, 0.3) is 0 Å². The molecular weight excluding hydrogens is 292 g/mol. The molecule has 0 heterocycles. The fourth-order valence-electron chi connectivity index (χ4n) is 1.80. The number of benzene rings is 1. The van der Waals surface area contributed by atoms with Gasteiger partial charge in [-0.05, 0) is 19.4 Å². The second-order valence-electron chi connectivity index (χ2n) is 4.93. The van der Waals surface area contributed by atoms with Crippen LogP contribution in [0.15, 0.2) is 18.2 Å². The maximum atomic E-state index is 13.6. The van der Waals surface area contributed by atoms with E-state index in [1.807, 2.05) is 6.92 Å². The van der Waals surface area contributed by atoms with Crippen molar-refractivity contribution in [3.63, 3.8) is 0 Å². The highest BCUT2D eigenvalue weighted by molar-refractivity contribution is 5.95. The lowest BCUT2D eigenvalue weighted by Gasteiger charge is -2.15. The molecule has 0 unspecified atom stereocenters.